The van der Waals surface area contributed by atoms with Gasteiger partial charge in [-0.3, -0.25) is 0 Å². The Hall–Kier alpha value is -1.06. The molecule has 1 aromatic rings. The fraction of sp³-hybridized carbons (Fsp3) is 0.600. The summed E-state index contributed by atoms with van der Waals surface area (Å²) in [7, 11) is 1.69. The minimum absolute atomic E-state index is 0.124. The smallest absolute Gasteiger partial charge is 0.119 e. The van der Waals surface area contributed by atoms with Crippen LogP contribution >= 0.6 is 0 Å². The highest BCUT2D eigenvalue weighted by molar-refractivity contribution is 5.27. The molecule has 0 saturated heterocycles. The quantitative estimate of drug-likeness (QED) is 0.770. The lowest BCUT2D eigenvalue weighted by atomic mass is 10.1. The highest BCUT2D eigenvalue weighted by Gasteiger charge is 2.03. The van der Waals surface area contributed by atoms with Gasteiger partial charge >= 0.3 is 0 Å². The Kier molecular flexibility index (Phi) is 6.76. The molecule has 2 atom stereocenters. The Morgan fingerprint density at radius 2 is 1.83 bits per heavy atom. The van der Waals surface area contributed by atoms with E-state index >= 15 is 0 Å². The third kappa shape index (κ3) is 5.52. The summed E-state index contributed by atoms with van der Waals surface area (Å²) in [5.41, 5.74) is 1.33. The molecule has 0 aliphatic carbocycles. The summed E-state index contributed by atoms with van der Waals surface area (Å²) in [5.74, 6) is 0.902. The van der Waals surface area contributed by atoms with Crippen molar-refractivity contribution in [1.82, 2.24) is 5.32 Å². The Labute approximate surface area is 110 Å². The molecule has 0 heterocycles. The van der Waals surface area contributed by atoms with E-state index in [0.717, 1.165) is 18.7 Å². The molecule has 0 aliphatic rings. The zero-order valence-electron chi connectivity index (χ0n) is 11.9. The second kappa shape index (κ2) is 8.11. The molecule has 2 unspecified atom stereocenters. The number of benzene rings is 1. The summed E-state index contributed by atoms with van der Waals surface area (Å²) in [4.78, 5) is 0. The Morgan fingerprint density at radius 1 is 1.17 bits per heavy atom. The second-order valence-electron chi connectivity index (χ2n) is 4.66. The molecule has 3 nitrogen and oxygen atoms in total. The predicted octanol–water partition coefficient (Wildman–Crippen LogP) is 2.64. The molecule has 1 N–H and O–H groups in total. The van der Waals surface area contributed by atoms with Crippen LogP contribution in [0, 0.1) is 0 Å². The third-order valence-electron chi connectivity index (χ3n) is 2.90. The third-order valence-corrected chi connectivity index (χ3v) is 2.90. The first-order valence-electron chi connectivity index (χ1n) is 6.63. The van der Waals surface area contributed by atoms with Crippen molar-refractivity contribution in [3.05, 3.63) is 29.8 Å². The molecule has 1 aromatic carbocycles. The average molecular weight is 251 g/mol. The van der Waals surface area contributed by atoms with Crippen molar-refractivity contribution in [2.75, 3.05) is 20.3 Å². The van der Waals surface area contributed by atoms with Crippen LogP contribution in [0.25, 0.3) is 0 Å². The average Bonchev–Trinajstić information content (AvgIpc) is 2.37. The van der Waals surface area contributed by atoms with Gasteiger partial charge in [0.2, 0.25) is 0 Å². The summed E-state index contributed by atoms with van der Waals surface area (Å²) in [6.07, 6.45) is 1.17. The molecule has 0 aliphatic heterocycles. The normalized spacial score (nSPS) is 14.2. The summed E-state index contributed by atoms with van der Waals surface area (Å²) in [6.45, 7) is 7.92. The van der Waals surface area contributed by atoms with E-state index in [4.69, 9.17) is 9.47 Å². The van der Waals surface area contributed by atoms with Gasteiger partial charge < -0.3 is 14.8 Å². The van der Waals surface area contributed by atoms with Crippen LogP contribution in [-0.4, -0.2) is 32.4 Å². The molecule has 1 rings (SSSR count). The second-order valence-corrected chi connectivity index (χ2v) is 4.66. The van der Waals surface area contributed by atoms with Gasteiger partial charge in [0, 0.05) is 13.2 Å². The van der Waals surface area contributed by atoms with Crippen molar-refractivity contribution >= 4 is 0 Å². The SMILES string of the molecule is CCNC(C)Cc1ccc(OCC(C)OC)cc1. The minimum atomic E-state index is 0.124. The van der Waals surface area contributed by atoms with Gasteiger partial charge in [0.05, 0.1) is 6.10 Å². The van der Waals surface area contributed by atoms with E-state index in [-0.39, 0.29) is 6.10 Å². The van der Waals surface area contributed by atoms with Crippen molar-refractivity contribution in [1.29, 1.82) is 0 Å². The summed E-state index contributed by atoms with van der Waals surface area (Å²) in [6, 6.07) is 8.81. The molecule has 3 heteroatoms. The van der Waals surface area contributed by atoms with Crippen LogP contribution in [-0.2, 0) is 11.2 Å². The van der Waals surface area contributed by atoms with Gasteiger partial charge in [-0.25, -0.2) is 0 Å². The number of rotatable bonds is 8. The number of likely N-dealkylation sites (N-methyl/N-ethyl adjacent to an activating group) is 1. The van der Waals surface area contributed by atoms with Crippen LogP contribution in [0.3, 0.4) is 0 Å². The lowest BCUT2D eigenvalue weighted by Gasteiger charge is -2.14. The van der Waals surface area contributed by atoms with E-state index in [0.29, 0.717) is 12.6 Å². The molecule has 0 bridgehead atoms. The maximum Gasteiger partial charge on any atom is 0.119 e. The predicted molar refractivity (Wildman–Crippen MR) is 75.3 cm³/mol. The summed E-state index contributed by atoms with van der Waals surface area (Å²) < 4.78 is 10.8. The monoisotopic (exact) mass is 251 g/mol. The van der Waals surface area contributed by atoms with Gasteiger partial charge in [0.25, 0.3) is 0 Å². The molecular weight excluding hydrogens is 226 g/mol. The van der Waals surface area contributed by atoms with Crippen molar-refractivity contribution in [2.24, 2.45) is 0 Å². The van der Waals surface area contributed by atoms with Gasteiger partial charge in [-0.1, -0.05) is 19.1 Å². The molecule has 0 aromatic heterocycles. The number of hydrogen-bond donors (Lipinski definition) is 1. The van der Waals surface area contributed by atoms with Gasteiger partial charge in [0.15, 0.2) is 0 Å². The highest BCUT2D eigenvalue weighted by Crippen LogP contribution is 2.14. The number of hydrogen-bond acceptors (Lipinski definition) is 3. The Bertz CT molecular complexity index is 324. The number of nitrogens with one attached hydrogen (secondary N) is 1. The standard InChI is InChI=1S/C15H25NO2/c1-5-16-12(2)10-14-6-8-15(9-7-14)18-11-13(3)17-4/h6-9,12-13,16H,5,10-11H2,1-4H3. The van der Waals surface area contributed by atoms with E-state index < -0.39 is 0 Å². The van der Waals surface area contributed by atoms with Crippen molar-refractivity contribution in [3.63, 3.8) is 0 Å². The van der Waals surface area contributed by atoms with Crippen LogP contribution in [0.4, 0.5) is 0 Å². The maximum absolute atomic E-state index is 5.63. The molecule has 18 heavy (non-hydrogen) atoms. The van der Waals surface area contributed by atoms with E-state index in [2.05, 4.69) is 31.3 Å². The van der Waals surface area contributed by atoms with Crippen LogP contribution < -0.4 is 10.1 Å². The van der Waals surface area contributed by atoms with Crippen LogP contribution in [0.15, 0.2) is 24.3 Å². The topological polar surface area (TPSA) is 30.5 Å². The Balaban J connectivity index is 2.42. The van der Waals surface area contributed by atoms with Crippen molar-refractivity contribution in [2.45, 2.75) is 39.3 Å². The van der Waals surface area contributed by atoms with Gasteiger partial charge in [0.1, 0.15) is 12.4 Å². The zero-order valence-corrected chi connectivity index (χ0v) is 11.9. The first-order chi connectivity index (χ1) is 8.65. The molecule has 102 valence electrons. The van der Waals surface area contributed by atoms with Crippen LogP contribution in [0.5, 0.6) is 5.75 Å². The van der Waals surface area contributed by atoms with Crippen molar-refractivity contribution in [3.8, 4) is 5.75 Å². The van der Waals surface area contributed by atoms with E-state index in [1.807, 2.05) is 19.1 Å². The fourth-order valence-corrected chi connectivity index (χ4v) is 1.78. The van der Waals surface area contributed by atoms with E-state index in [1.165, 1.54) is 5.56 Å². The minimum Gasteiger partial charge on any atom is -0.491 e. The van der Waals surface area contributed by atoms with Crippen molar-refractivity contribution < 1.29 is 9.47 Å². The van der Waals surface area contributed by atoms with E-state index in [9.17, 15) is 0 Å². The summed E-state index contributed by atoms with van der Waals surface area (Å²) in [5, 5.41) is 3.41. The molecule has 0 fully saturated rings. The fourth-order valence-electron chi connectivity index (χ4n) is 1.78. The van der Waals surface area contributed by atoms with Gasteiger partial charge in [-0.15, -0.1) is 0 Å². The Morgan fingerprint density at radius 3 is 2.39 bits per heavy atom. The van der Waals surface area contributed by atoms with Gasteiger partial charge in [-0.05, 0) is 44.5 Å². The molecule has 0 spiro atoms. The first kappa shape index (κ1) is 15.0. The maximum atomic E-state index is 5.63. The van der Waals surface area contributed by atoms with Crippen LogP contribution in [0.1, 0.15) is 26.3 Å². The number of ether oxygens (including phenoxy) is 2. The van der Waals surface area contributed by atoms with Gasteiger partial charge in [-0.2, -0.15) is 0 Å². The summed E-state index contributed by atoms with van der Waals surface area (Å²) >= 11 is 0. The first-order valence-corrected chi connectivity index (χ1v) is 6.63. The number of methoxy groups -OCH3 is 1. The zero-order chi connectivity index (χ0) is 13.4. The lowest BCUT2D eigenvalue weighted by Crippen LogP contribution is -2.27. The molecule has 0 saturated carbocycles. The molecule has 0 radical (unpaired) electrons. The largest absolute Gasteiger partial charge is 0.491 e. The van der Waals surface area contributed by atoms with E-state index in [1.54, 1.807) is 7.11 Å². The van der Waals surface area contributed by atoms with Crippen LogP contribution in [0.2, 0.25) is 0 Å². The molecular formula is C15H25NO2. The highest BCUT2D eigenvalue weighted by atomic mass is 16.5. The lowest BCUT2D eigenvalue weighted by molar-refractivity contribution is 0.0716. The molecule has 0 amide bonds.